The average Bonchev–Trinajstić information content (AvgIpc) is 3.08. The molecular weight excluding hydrogens is 352 g/mol. The van der Waals surface area contributed by atoms with E-state index < -0.39 is 6.10 Å². The van der Waals surface area contributed by atoms with Gasteiger partial charge in [0.1, 0.15) is 30.2 Å². The molecule has 0 bridgehead atoms. The van der Waals surface area contributed by atoms with Crippen LogP contribution in [0.4, 0.5) is 0 Å². The Morgan fingerprint density at radius 3 is 2.82 bits per heavy atom. The number of H-pyrrole nitrogens is 1. The van der Waals surface area contributed by atoms with Crippen LogP contribution in [0, 0.1) is 17.2 Å². The highest BCUT2D eigenvalue weighted by molar-refractivity contribution is 5.87. The van der Waals surface area contributed by atoms with Gasteiger partial charge in [0.2, 0.25) is 0 Å². The maximum atomic E-state index is 10.4. The van der Waals surface area contributed by atoms with Gasteiger partial charge < -0.3 is 25.9 Å². The summed E-state index contributed by atoms with van der Waals surface area (Å²) in [5, 5.41) is 23.8. The predicted octanol–water partition coefficient (Wildman–Crippen LogP) is 3.06. The maximum absolute atomic E-state index is 10.4. The number of aromatic nitrogens is 1. The van der Waals surface area contributed by atoms with Gasteiger partial charge in [0, 0.05) is 23.0 Å². The number of hydrogen-bond acceptors (Lipinski definition) is 5. The van der Waals surface area contributed by atoms with Gasteiger partial charge in [-0.25, -0.2) is 0 Å². The van der Waals surface area contributed by atoms with Crippen LogP contribution in [0.1, 0.15) is 52.1 Å². The summed E-state index contributed by atoms with van der Waals surface area (Å²) in [6.45, 7) is 7.20. The van der Waals surface area contributed by atoms with Crippen LogP contribution in [-0.4, -0.2) is 40.4 Å². The summed E-state index contributed by atoms with van der Waals surface area (Å²) in [4.78, 5) is 3.04. The number of aliphatic hydroxyl groups excluding tert-OH is 1. The fourth-order valence-electron chi connectivity index (χ4n) is 4.08. The van der Waals surface area contributed by atoms with Gasteiger partial charge in [-0.1, -0.05) is 6.07 Å². The summed E-state index contributed by atoms with van der Waals surface area (Å²) >= 11 is 0. The van der Waals surface area contributed by atoms with Crippen LogP contribution < -0.4 is 15.8 Å². The van der Waals surface area contributed by atoms with Crippen LogP contribution in [0.15, 0.2) is 24.3 Å². The molecule has 1 aliphatic rings. The first kappa shape index (κ1) is 20.7. The highest BCUT2D eigenvalue weighted by atomic mass is 16.5. The molecule has 0 aliphatic heterocycles. The van der Waals surface area contributed by atoms with Crippen molar-refractivity contribution in [2.45, 2.75) is 63.6 Å². The van der Waals surface area contributed by atoms with Gasteiger partial charge in [-0.15, -0.1) is 0 Å². The molecule has 1 heterocycles. The molecule has 6 heteroatoms. The molecule has 0 amide bonds. The summed E-state index contributed by atoms with van der Waals surface area (Å²) in [6, 6.07) is 9.50. The third-order valence-corrected chi connectivity index (χ3v) is 6.12. The lowest BCUT2D eigenvalue weighted by molar-refractivity contribution is 0.0849. The van der Waals surface area contributed by atoms with Crippen molar-refractivity contribution in [3.05, 3.63) is 30.0 Å². The third-order valence-electron chi connectivity index (χ3n) is 6.12. The molecule has 0 spiro atoms. The molecule has 1 aliphatic carbocycles. The number of aromatic amines is 1. The number of ether oxygens (including phenoxy) is 1. The first-order chi connectivity index (χ1) is 13.2. The van der Waals surface area contributed by atoms with E-state index in [1.807, 2.05) is 18.2 Å². The normalized spacial score (nSPS) is 24.1. The number of nitrogens with one attached hydrogen (secondary N) is 2. The van der Waals surface area contributed by atoms with Crippen molar-refractivity contribution in [2.75, 3.05) is 13.2 Å². The van der Waals surface area contributed by atoms with E-state index in [2.05, 4.69) is 37.1 Å². The fourth-order valence-corrected chi connectivity index (χ4v) is 4.08. The quantitative estimate of drug-likeness (QED) is 0.587. The van der Waals surface area contributed by atoms with E-state index in [-0.39, 0.29) is 17.7 Å². The number of hydrogen-bond donors (Lipinski definition) is 4. The van der Waals surface area contributed by atoms with Crippen LogP contribution in [-0.2, 0) is 0 Å². The van der Waals surface area contributed by atoms with Gasteiger partial charge in [0.25, 0.3) is 0 Å². The molecule has 1 unspecified atom stereocenters. The Labute approximate surface area is 167 Å². The summed E-state index contributed by atoms with van der Waals surface area (Å²) in [7, 11) is 0. The van der Waals surface area contributed by atoms with Gasteiger partial charge in [-0.2, -0.15) is 5.26 Å². The second kappa shape index (κ2) is 8.12. The Morgan fingerprint density at radius 2 is 2.14 bits per heavy atom. The van der Waals surface area contributed by atoms with Crippen molar-refractivity contribution in [1.29, 1.82) is 5.26 Å². The van der Waals surface area contributed by atoms with Crippen molar-refractivity contribution in [3.8, 4) is 11.8 Å². The van der Waals surface area contributed by atoms with Gasteiger partial charge in [-0.05, 0) is 70.6 Å². The number of fused-ring (bicyclic) bond motifs is 1. The Bertz CT molecular complexity index is 840. The third kappa shape index (κ3) is 4.85. The fraction of sp³-hybridized carbons (Fsp3) is 0.591. The summed E-state index contributed by atoms with van der Waals surface area (Å²) in [5.41, 5.74) is 7.51. The molecule has 28 heavy (non-hydrogen) atoms. The zero-order valence-electron chi connectivity index (χ0n) is 17.1. The molecule has 0 radical (unpaired) electrons. The van der Waals surface area contributed by atoms with Crippen LogP contribution in [0.25, 0.3) is 10.9 Å². The van der Waals surface area contributed by atoms with Crippen molar-refractivity contribution >= 4 is 10.9 Å². The smallest absolute Gasteiger partial charge is 0.128 e. The maximum Gasteiger partial charge on any atom is 0.128 e. The molecule has 0 saturated heterocycles. The SMILES string of the molecule is CC1(N)CCC(C(C)(C)NCC(O)COc2cccc3[nH]c(C#N)cc23)CC1. The van der Waals surface area contributed by atoms with E-state index in [9.17, 15) is 5.11 Å². The largest absolute Gasteiger partial charge is 0.490 e. The van der Waals surface area contributed by atoms with E-state index >= 15 is 0 Å². The van der Waals surface area contributed by atoms with E-state index in [0.29, 0.717) is 23.9 Å². The predicted molar refractivity (Wildman–Crippen MR) is 111 cm³/mol. The van der Waals surface area contributed by atoms with Crippen LogP contribution in [0.5, 0.6) is 5.75 Å². The second-order valence-electron chi connectivity index (χ2n) is 9.01. The lowest BCUT2D eigenvalue weighted by Gasteiger charge is -2.43. The molecule has 1 atom stereocenters. The van der Waals surface area contributed by atoms with Crippen LogP contribution in [0.2, 0.25) is 0 Å². The van der Waals surface area contributed by atoms with Gasteiger partial charge in [0.15, 0.2) is 0 Å². The van der Waals surface area contributed by atoms with Gasteiger partial charge >= 0.3 is 0 Å². The number of rotatable bonds is 7. The molecular formula is C22H32N4O2. The molecule has 1 saturated carbocycles. The number of nitrogens with zero attached hydrogens (tertiary/aromatic N) is 1. The van der Waals surface area contributed by atoms with Crippen molar-refractivity contribution in [3.63, 3.8) is 0 Å². The number of benzene rings is 1. The monoisotopic (exact) mass is 384 g/mol. The van der Waals surface area contributed by atoms with Gasteiger partial charge in [-0.3, -0.25) is 0 Å². The highest BCUT2D eigenvalue weighted by Gasteiger charge is 2.36. The zero-order valence-corrected chi connectivity index (χ0v) is 17.1. The minimum atomic E-state index is -0.618. The average molecular weight is 385 g/mol. The Morgan fingerprint density at radius 1 is 1.43 bits per heavy atom. The number of β-amino-alcohol motifs (C(OH)–C–C–N with tert-alkyl or cyclic N) is 1. The van der Waals surface area contributed by atoms with E-state index in [1.165, 1.54) is 0 Å². The highest BCUT2D eigenvalue weighted by Crippen LogP contribution is 2.36. The minimum Gasteiger partial charge on any atom is -0.490 e. The molecule has 152 valence electrons. The van der Waals surface area contributed by atoms with E-state index in [0.717, 1.165) is 36.6 Å². The van der Waals surface area contributed by atoms with Crippen molar-refractivity contribution < 1.29 is 9.84 Å². The van der Waals surface area contributed by atoms with E-state index in [4.69, 9.17) is 15.7 Å². The lowest BCUT2D eigenvalue weighted by Crippen LogP contribution is -2.52. The molecule has 3 rings (SSSR count). The molecule has 1 fully saturated rings. The summed E-state index contributed by atoms with van der Waals surface area (Å²) in [6.07, 6.45) is 3.68. The first-order valence-electron chi connectivity index (χ1n) is 10.1. The number of aliphatic hydroxyl groups is 1. The van der Waals surface area contributed by atoms with Crippen molar-refractivity contribution in [1.82, 2.24) is 10.3 Å². The van der Waals surface area contributed by atoms with Crippen molar-refractivity contribution in [2.24, 2.45) is 11.7 Å². The lowest BCUT2D eigenvalue weighted by atomic mass is 9.71. The number of nitriles is 1. The zero-order chi connectivity index (χ0) is 20.4. The standard InChI is InChI=1S/C22H32N4O2/c1-21(2,15-7-9-22(3,24)10-8-15)25-13-17(27)14-28-20-6-4-5-19-18(20)11-16(12-23)26-19/h4-6,11,15,17,25-27H,7-10,13-14,24H2,1-3H3. The topological polar surface area (TPSA) is 107 Å². The number of nitrogens with two attached hydrogens (primary N) is 1. The molecule has 5 N–H and O–H groups in total. The Balaban J connectivity index is 1.51. The Kier molecular flexibility index (Phi) is 5.99. The van der Waals surface area contributed by atoms with Gasteiger partial charge in [0.05, 0.1) is 5.52 Å². The minimum absolute atomic E-state index is 0.0371. The van der Waals surface area contributed by atoms with Crippen LogP contribution in [0.3, 0.4) is 0 Å². The molecule has 1 aromatic carbocycles. The molecule has 2 aromatic rings. The van der Waals surface area contributed by atoms with E-state index in [1.54, 1.807) is 6.07 Å². The van der Waals surface area contributed by atoms with Crippen LogP contribution >= 0.6 is 0 Å². The second-order valence-corrected chi connectivity index (χ2v) is 9.01. The molecule has 6 nitrogen and oxygen atoms in total. The Hall–Kier alpha value is -2.07. The first-order valence-corrected chi connectivity index (χ1v) is 10.1. The molecule has 1 aromatic heterocycles. The summed E-state index contributed by atoms with van der Waals surface area (Å²) < 4.78 is 5.84. The summed E-state index contributed by atoms with van der Waals surface area (Å²) in [5.74, 6) is 1.22.